The van der Waals surface area contributed by atoms with Crippen LogP contribution < -0.4 is 20.5 Å². The van der Waals surface area contributed by atoms with E-state index < -0.39 is 0 Å². The summed E-state index contributed by atoms with van der Waals surface area (Å²) in [6.45, 7) is 3.64. The lowest BCUT2D eigenvalue weighted by Gasteiger charge is -2.34. The maximum Gasteiger partial charge on any atom is 0.260 e. The molecule has 26 heavy (non-hydrogen) atoms. The second-order valence-corrected chi connectivity index (χ2v) is 6.56. The molecular weight excluding hydrogens is 330 g/mol. The van der Waals surface area contributed by atoms with Crippen LogP contribution in [0.1, 0.15) is 35.7 Å². The highest BCUT2D eigenvalue weighted by molar-refractivity contribution is 5.94. The zero-order chi connectivity index (χ0) is 18.5. The Morgan fingerprint density at radius 3 is 3.00 bits per heavy atom. The van der Waals surface area contributed by atoms with Crippen molar-refractivity contribution in [2.24, 2.45) is 0 Å². The van der Waals surface area contributed by atoms with E-state index in [1.54, 1.807) is 19.4 Å². The molecule has 0 saturated carbocycles. The molecule has 1 aromatic heterocycles. The molecule has 138 valence electrons. The summed E-state index contributed by atoms with van der Waals surface area (Å²) in [5.41, 5.74) is 1.86. The Hall–Kier alpha value is -2.76. The first-order chi connectivity index (χ1) is 12.6. The molecule has 1 fully saturated rings. The van der Waals surface area contributed by atoms with Gasteiger partial charge in [-0.15, -0.1) is 0 Å². The molecule has 1 aliphatic heterocycles. The van der Waals surface area contributed by atoms with Crippen molar-refractivity contribution in [2.75, 3.05) is 25.1 Å². The smallest absolute Gasteiger partial charge is 0.260 e. The number of pyridine rings is 1. The standard InChI is InChI=1S/C20H25N3O3/c1-3-14-10-18(19(24)21-12-14)20(25)22-15-6-5-9-23(13-15)16-7-4-8-17(11-16)26-2/h4,7-8,10-12,15H,3,5-6,9,13H2,1-2H3,(H,21,24)(H,22,25). The van der Waals surface area contributed by atoms with E-state index in [0.717, 1.165) is 42.8 Å². The Labute approximate surface area is 153 Å². The van der Waals surface area contributed by atoms with Gasteiger partial charge in [0.2, 0.25) is 0 Å². The van der Waals surface area contributed by atoms with Gasteiger partial charge in [-0.3, -0.25) is 9.59 Å². The van der Waals surface area contributed by atoms with Crippen molar-refractivity contribution in [1.82, 2.24) is 10.3 Å². The third kappa shape index (κ3) is 4.07. The summed E-state index contributed by atoms with van der Waals surface area (Å²) in [5.74, 6) is 0.510. The van der Waals surface area contributed by atoms with Crippen LogP contribution in [-0.4, -0.2) is 37.1 Å². The first-order valence-electron chi connectivity index (χ1n) is 9.02. The average Bonchev–Trinajstić information content (AvgIpc) is 2.68. The summed E-state index contributed by atoms with van der Waals surface area (Å²) in [6, 6.07) is 9.61. The lowest BCUT2D eigenvalue weighted by Crippen LogP contribution is -2.48. The maximum atomic E-state index is 12.6. The fourth-order valence-electron chi connectivity index (χ4n) is 3.30. The summed E-state index contributed by atoms with van der Waals surface area (Å²) in [7, 11) is 1.65. The third-order valence-corrected chi connectivity index (χ3v) is 4.79. The number of H-pyrrole nitrogens is 1. The summed E-state index contributed by atoms with van der Waals surface area (Å²) in [5, 5.41) is 3.02. The molecule has 2 aromatic rings. The molecule has 0 spiro atoms. The number of hydrogen-bond acceptors (Lipinski definition) is 4. The van der Waals surface area contributed by atoms with Crippen molar-refractivity contribution in [3.05, 3.63) is 58.0 Å². The third-order valence-electron chi connectivity index (χ3n) is 4.79. The lowest BCUT2D eigenvalue weighted by atomic mass is 10.0. The van der Waals surface area contributed by atoms with Crippen LogP contribution in [0.2, 0.25) is 0 Å². The van der Waals surface area contributed by atoms with Gasteiger partial charge in [0.25, 0.3) is 11.5 Å². The first-order valence-corrected chi connectivity index (χ1v) is 9.02. The largest absolute Gasteiger partial charge is 0.497 e. The minimum Gasteiger partial charge on any atom is -0.497 e. The number of aromatic amines is 1. The number of benzene rings is 1. The van der Waals surface area contributed by atoms with Crippen LogP contribution >= 0.6 is 0 Å². The zero-order valence-electron chi connectivity index (χ0n) is 15.2. The van der Waals surface area contributed by atoms with E-state index in [2.05, 4.69) is 15.2 Å². The molecule has 0 bridgehead atoms. The van der Waals surface area contributed by atoms with Gasteiger partial charge in [-0.2, -0.15) is 0 Å². The van der Waals surface area contributed by atoms with E-state index in [1.165, 1.54) is 0 Å². The van der Waals surface area contributed by atoms with Crippen LogP contribution in [0.5, 0.6) is 5.75 Å². The van der Waals surface area contributed by atoms with Crippen molar-refractivity contribution >= 4 is 11.6 Å². The molecule has 2 N–H and O–H groups in total. The number of amides is 1. The van der Waals surface area contributed by atoms with Crippen LogP contribution in [0.3, 0.4) is 0 Å². The van der Waals surface area contributed by atoms with Gasteiger partial charge in [0, 0.05) is 37.1 Å². The average molecular weight is 355 g/mol. The number of aromatic nitrogens is 1. The molecule has 1 saturated heterocycles. The Bertz CT molecular complexity index is 831. The number of ether oxygens (including phenoxy) is 1. The van der Waals surface area contributed by atoms with Gasteiger partial charge in [-0.1, -0.05) is 13.0 Å². The number of aryl methyl sites for hydroxylation is 1. The van der Waals surface area contributed by atoms with Crippen molar-refractivity contribution in [3.63, 3.8) is 0 Å². The second-order valence-electron chi connectivity index (χ2n) is 6.56. The van der Waals surface area contributed by atoms with Gasteiger partial charge in [-0.05, 0) is 43.0 Å². The van der Waals surface area contributed by atoms with Gasteiger partial charge in [0.15, 0.2) is 0 Å². The molecule has 1 amide bonds. The highest BCUT2D eigenvalue weighted by Crippen LogP contribution is 2.24. The van der Waals surface area contributed by atoms with Crippen LogP contribution in [-0.2, 0) is 6.42 Å². The number of nitrogens with zero attached hydrogens (tertiary/aromatic N) is 1. The molecular formula is C20H25N3O3. The highest BCUT2D eigenvalue weighted by atomic mass is 16.5. The molecule has 0 aliphatic carbocycles. The normalized spacial score (nSPS) is 17.0. The number of methoxy groups -OCH3 is 1. The Kier molecular flexibility index (Phi) is 5.61. The Balaban J connectivity index is 1.70. The summed E-state index contributed by atoms with van der Waals surface area (Å²) < 4.78 is 5.30. The second kappa shape index (κ2) is 8.08. The van der Waals surface area contributed by atoms with Gasteiger partial charge in [-0.25, -0.2) is 0 Å². The van der Waals surface area contributed by atoms with E-state index in [1.807, 2.05) is 31.2 Å². The predicted octanol–water partition coefficient (Wildman–Crippen LogP) is 2.34. The zero-order valence-corrected chi connectivity index (χ0v) is 15.2. The van der Waals surface area contributed by atoms with E-state index in [4.69, 9.17) is 4.74 Å². The van der Waals surface area contributed by atoms with Gasteiger partial charge in [0.05, 0.1) is 7.11 Å². The number of anilines is 1. The van der Waals surface area contributed by atoms with Crippen molar-refractivity contribution < 1.29 is 9.53 Å². The molecule has 3 rings (SSSR count). The molecule has 1 atom stereocenters. The number of piperidine rings is 1. The molecule has 1 aliphatic rings. The Morgan fingerprint density at radius 1 is 1.38 bits per heavy atom. The number of rotatable bonds is 5. The fourth-order valence-corrected chi connectivity index (χ4v) is 3.30. The van der Waals surface area contributed by atoms with Crippen LogP contribution in [0.4, 0.5) is 5.69 Å². The molecule has 1 aromatic carbocycles. The monoisotopic (exact) mass is 355 g/mol. The number of hydrogen-bond donors (Lipinski definition) is 2. The summed E-state index contributed by atoms with van der Waals surface area (Å²) >= 11 is 0. The van der Waals surface area contributed by atoms with E-state index in [9.17, 15) is 9.59 Å². The topological polar surface area (TPSA) is 74.4 Å². The minimum absolute atomic E-state index is 0.00661. The van der Waals surface area contributed by atoms with E-state index >= 15 is 0 Å². The molecule has 6 nitrogen and oxygen atoms in total. The summed E-state index contributed by atoms with van der Waals surface area (Å²) in [4.78, 5) is 29.4. The van der Waals surface area contributed by atoms with Crippen LogP contribution in [0.25, 0.3) is 0 Å². The SMILES string of the molecule is CCc1c[nH]c(=O)c(C(=O)NC2CCCN(c3cccc(OC)c3)C2)c1. The summed E-state index contributed by atoms with van der Waals surface area (Å²) in [6.07, 6.45) is 4.31. The van der Waals surface area contributed by atoms with Crippen molar-refractivity contribution in [1.29, 1.82) is 0 Å². The van der Waals surface area contributed by atoms with Crippen molar-refractivity contribution in [2.45, 2.75) is 32.2 Å². The quantitative estimate of drug-likeness (QED) is 0.863. The molecule has 2 heterocycles. The maximum absolute atomic E-state index is 12.6. The molecule has 0 radical (unpaired) electrons. The van der Waals surface area contributed by atoms with Gasteiger partial charge in [0.1, 0.15) is 11.3 Å². The minimum atomic E-state index is -0.347. The van der Waals surface area contributed by atoms with Gasteiger partial charge >= 0.3 is 0 Å². The fraction of sp³-hybridized carbons (Fsp3) is 0.400. The lowest BCUT2D eigenvalue weighted by molar-refractivity contribution is 0.0931. The van der Waals surface area contributed by atoms with Gasteiger partial charge < -0.3 is 19.9 Å². The van der Waals surface area contributed by atoms with E-state index in [0.29, 0.717) is 6.54 Å². The van der Waals surface area contributed by atoms with Crippen molar-refractivity contribution in [3.8, 4) is 5.75 Å². The molecule has 6 heteroatoms. The number of carbonyl (C=O) groups excluding carboxylic acids is 1. The molecule has 1 unspecified atom stereocenters. The predicted molar refractivity (Wildman–Crippen MR) is 102 cm³/mol. The van der Waals surface area contributed by atoms with Crippen LogP contribution in [0.15, 0.2) is 41.3 Å². The Morgan fingerprint density at radius 2 is 2.23 bits per heavy atom. The first kappa shape index (κ1) is 18.0. The van der Waals surface area contributed by atoms with Crippen LogP contribution in [0, 0.1) is 0 Å². The van der Waals surface area contributed by atoms with E-state index in [-0.39, 0.29) is 23.1 Å². The highest BCUT2D eigenvalue weighted by Gasteiger charge is 2.23. The number of carbonyl (C=O) groups is 1. The number of nitrogens with one attached hydrogen (secondary N) is 2.